The first-order chi connectivity index (χ1) is 13.7. The van der Waals surface area contributed by atoms with E-state index in [1.54, 1.807) is 0 Å². The molecule has 0 heterocycles. The van der Waals surface area contributed by atoms with Crippen molar-refractivity contribution in [1.82, 2.24) is 10.6 Å². The SMILES string of the molecule is CCNC(=NCc1ccc(NC(=O)OC)cc1)NCCOC1CCCCCC1.I. The molecule has 1 aromatic rings. The van der Waals surface area contributed by atoms with Crippen LogP contribution in [-0.4, -0.2) is 45.0 Å². The molecule has 1 saturated carbocycles. The van der Waals surface area contributed by atoms with Crippen molar-refractivity contribution in [3.8, 4) is 0 Å². The minimum atomic E-state index is -0.476. The summed E-state index contributed by atoms with van der Waals surface area (Å²) in [5, 5.41) is 9.22. The van der Waals surface area contributed by atoms with Crippen LogP contribution in [0.4, 0.5) is 10.5 Å². The number of hydrogen-bond donors (Lipinski definition) is 3. The van der Waals surface area contributed by atoms with Crippen molar-refractivity contribution in [3.05, 3.63) is 29.8 Å². The lowest BCUT2D eigenvalue weighted by molar-refractivity contribution is 0.0468. The van der Waals surface area contributed by atoms with Gasteiger partial charge in [0.05, 0.1) is 26.4 Å². The number of benzene rings is 1. The van der Waals surface area contributed by atoms with E-state index in [4.69, 9.17) is 4.74 Å². The van der Waals surface area contributed by atoms with Crippen LogP contribution in [0.15, 0.2) is 29.3 Å². The van der Waals surface area contributed by atoms with E-state index in [1.807, 2.05) is 31.2 Å². The zero-order valence-corrected chi connectivity index (χ0v) is 19.9. The molecule has 29 heavy (non-hydrogen) atoms. The van der Waals surface area contributed by atoms with Crippen molar-refractivity contribution in [2.24, 2.45) is 4.99 Å². The molecular weight excluding hydrogens is 483 g/mol. The van der Waals surface area contributed by atoms with E-state index in [2.05, 4.69) is 25.7 Å². The molecule has 0 aromatic heterocycles. The lowest BCUT2D eigenvalue weighted by atomic mass is 10.1. The predicted molar refractivity (Wildman–Crippen MR) is 128 cm³/mol. The first kappa shape index (κ1) is 25.5. The maximum absolute atomic E-state index is 11.2. The van der Waals surface area contributed by atoms with Gasteiger partial charge in [0.2, 0.25) is 0 Å². The molecule has 0 aliphatic heterocycles. The number of hydrogen-bond acceptors (Lipinski definition) is 4. The fraction of sp³-hybridized carbons (Fsp3) is 0.619. The van der Waals surface area contributed by atoms with Gasteiger partial charge in [-0.1, -0.05) is 37.8 Å². The zero-order valence-electron chi connectivity index (χ0n) is 17.5. The second-order valence-corrected chi connectivity index (χ2v) is 6.92. The van der Waals surface area contributed by atoms with Crippen LogP contribution in [0.25, 0.3) is 0 Å². The summed E-state index contributed by atoms with van der Waals surface area (Å²) in [5.41, 5.74) is 1.75. The molecule has 0 bridgehead atoms. The van der Waals surface area contributed by atoms with Gasteiger partial charge >= 0.3 is 6.09 Å². The van der Waals surface area contributed by atoms with Crippen LogP contribution in [0, 0.1) is 0 Å². The highest BCUT2D eigenvalue weighted by atomic mass is 127. The minimum absolute atomic E-state index is 0. The highest BCUT2D eigenvalue weighted by Crippen LogP contribution is 2.19. The van der Waals surface area contributed by atoms with E-state index in [9.17, 15) is 4.79 Å². The molecule has 1 aliphatic carbocycles. The summed E-state index contributed by atoms with van der Waals surface area (Å²) in [4.78, 5) is 15.8. The number of methoxy groups -OCH3 is 1. The van der Waals surface area contributed by atoms with Crippen molar-refractivity contribution < 1.29 is 14.3 Å². The molecule has 0 atom stereocenters. The number of ether oxygens (including phenoxy) is 2. The Labute approximate surface area is 191 Å². The molecular formula is C21H35IN4O3. The Morgan fingerprint density at radius 1 is 1.10 bits per heavy atom. The number of nitrogens with zero attached hydrogens (tertiary/aromatic N) is 1. The second kappa shape index (κ2) is 15.3. The molecule has 0 saturated heterocycles. The minimum Gasteiger partial charge on any atom is -0.453 e. The molecule has 1 aliphatic rings. The topological polar surface area (TPSA) is 84.0 Å². The normalized spacial score (nSPS) is 15.0. The Balaban J connectivity index is 0.00000420. The number of amides is 1. The Morgan fingerprint density at radius 3 is 2.41 bits per heavy atom. The molecule has 1 fully saturated rings. The fourth-order valence-electron chi connectivity index (χ4n) is 3.18. The standard InChI is InChI=1S/C21H34N4O3.HI/c1-3-22-20(23-14-15-28-19-8-6-4-5-7-9-19)24-16-17-10-12-18(13-11-17)25-21(26)27-2;/h10-13,19H,3-9,14-16H2,1-2H3,(H,25,26)(H2,22,23,24);1H. The van der Waals surface area contributed by atoms with E-state index in [0.717, 1.165) is 24.6 Å². The largest absolute Gasteiger partial charge is 0.453 e. The number of guanidine groups is 1. The number of aliphatic imine (C=N–C) groups is 1. The highest BCUT2D eigenvalue weighted by molar-refractivity contribution is 14.0. The van der Waals surface area contributed by atoms with Crippen LogP contribution >= 0.6 is 24.0 Å². The summed E-state index contributed by atoms with van der Waals surface area (Å²) in [6.45, 7) is 4.84. The smallest absolute Gasteiger partial charge is 0.411 e. The Hall–Kier alpha value is -1.55. The average Bonchev–Trinajstić information content (AvgIpc) is 2.99. The van der Waals surface area contributed by atoms with E-state index in [1.165, 1.54) is 45.6 Å². The maximum Gasteiger partial charge on any atom is 0.411 e. The van der Waals surface area contributed by atoms with Gasteiger partial charge in [0.1, 0.15) is 0 Å². The van der Waals surface area contributed by atoms with Gasteiger partial charge in [0.25, 0.3) is 0 Å². The van der Waals surface area contributed by atoms with E-state index >= 15 is 0 Å². The molecule has 1 amide bonds. The third-order valence-corrected chi connectivity index (χ3v) is 4.70. The number of rotatable bonds is 8. The summed E-state index contributed by atoms with van der Waals surface area (Å²) < 4.78 is 10.6. The summed E-state index contributed by atoms with van der Waals surface area (Å²) >= 11 is 0. The maximum atomic E-state index is 11.2. The first-order valence-corrected chi connectivity index (χ1v) is 10.3. The van der Waals surface area contributed by atoms with Crippen molar-refractivity contribution in [3.63, 3.8) is 0 Å². The van der Waals surface area contributed by atoms with E-state index < -0.39 is 6.09 Å². The molecule has 0 spiro atoms. The van der Waals surface area contributed by atoms with Gasteiger partial charge in [-0.15, -0.1) is 24.0 Å². The number of halogens is 1. The van der Waals surface area contributed by atoms with Gasteiger partial charge in [-0.25, -0.2) is 9.79 Å². The van der Waals surface area contributed by atoms with Crippen LogP contribution in [0.1, 0.15) is 51.0 Å². The van der Waals surface area contributed by atoms with Crippen LogP contribution in [0.2, 0.25) is 0 Å². The van der Waals surface area contributed by atoms with Crippen LogP contribution < -0.4 is 16.0 Å². The molecule has 1 aromatic carbocycles. The summed E-state index contributed by atoms with van der Waals surface area (Å²) in [5.74, 6) is 0.781. The van der Waals surface area contributed by atoms with Gasteiger partial charge < -0.3 is 20.1 Å². The van der Waals surface area contributed by atoms with Gasteiger partial charge in [0.15, 0.2) is 5.96 Å². The summed E-state index contributed by atoms with van der Waals surface area (Å²) in [6.07, 6.45) is 7.58. The van der Waals surface area contributed by atoms with Gasteiger partial charge in [-0.05, 0) is 37.5 Å². The van der Waals surface area contributed by atoms with Crippen LogP contribution in [0.5, 0.6) is 0 Å². The highest BCUT2D eigenvalue weighted by Gasteiger charge is 2.12. The van der Waals surface area contributed by atoms with Crippen molar-refractivity contribution in [2.75, 3.05) is 32.1 Å². The summed E-state index contributed by atoms with van der Waals surface area (Å²) in [6, 6.07) is 7.55. The third kappa shape index (κ3) is 10.7. The molecule has 0 radical (unpaired) electrons. The predicted octanol–water partition coefficient (Wildman–Crippen LogP) is 4.28. The second-order valence-electron chi connectivity index (χ2n) is 6.92. The van der Waals surface area contributed by atoms with E-state index in [0.29, 0.717) is 24.9 Å². The Morgan fingerprint density at radius 2 is 1.79 bits per heavy atom. The third-order valence-electron chi connectivity index (χ3n) is 4.70. The zero-order chi connectivity index (χ0) is 20.0. The van der Waals surface area contributed by atoms with Gasteiger partial charge in [-0.2, -0.15) is 0 Å². The van der Waals surface area contributed by atoms with Crippen LogP contribution in [0.3, 0.4) is 0 Å². The quantitative estimate of drug-likeness (QED) is 0.157. The van der Waals surface area contributed by atoms with Gasteiger partial charge in [-0.3, -0.25) is 5.32 Å². The Kier molecular flexibility index (Phi) is 13.5. The molecule has 0 unspecified atom stereocenters. The van der Waals surface area contributed by atoms with Crippen molar-refractivity contribution in [2.45, 2.75) is 58.1 Å². The first-order valence-electron chi connectivity index (χ1n) is 10.3. The Bertz CT molecular complexity index is 602. The average molecular weight is 518 g/mol. The monoisotopic (exact) mass is 518 g/mol. The number of carbonyl (C=O) groups is 1. The van der Waals surface area contributed by atoms with Crippen molar-refractivity contribution >= 4 is 41.7 Å². The molecule has 8 heteroatoms. The molecule has 2 rings (SSSR count). The molecule has 7 nitrogen and oxygen atoms in total. The van der Waals surface area contributed by atoms with Crippen molar-refractivity contribution in [1.29, 1.82) is 0 Å². The van der Waals surface area contributed by atoms with E-state index in [-0.39, 0.29) is 24.0 Å². The number of nitrogens with one attached hydrogen (secondary N) is 3. The molecule has 3 N–H and O–H groups in total. The van der Waals surface area contributed by atoms with Crippen LogP contribution in [-0.2, 0) is 16.0 Å². The van der Waals surface area contributed by atoms with Gasteiger partial charge in [0, 0.05) is 18.8 Å². The lowest BCUT2D eigenvalue weighted by Crippen LogP contribution is -2.39. The number of anilines is 1. The lowest BCUT2D eigenvalue weighted by Gasteiger charge is -2.16. The number of carbonyl (C=O) groups excluding carboxylic acids is 1. The fourth-order valence-corrected chi connectivity index (χ4v) is 3.18. The summed E-state index contributed by atoms with van der Waals surface area (Å²) in [7, 11) is 1.34. The molecule has 164 valence electrons.